The monoisotopic (exact) mass is 298 g/mol. The second-order valence-electron chi connectivity index (χ2n) is 6.05. The first-order chi connectivity index (χ1) is 9.14. The zero-order valence-electron chi connectivity index (χ0n) is 11.9. The van der Waals surface area contributed by atoms with E-state index in [4.69, 9.17) is 0 Å². The lowest BCUT2D eigenvalue weighted by molar-refractivity contribution is -0.151. The highest BCUT2D eigenvalue weighted by Crippen LogP contribution is 2.40. The Bertz CT molecular complexity index is 521. The van der Waals surface area contributed by atoms with Crippen LogP contribution in [0.15, 0.2) is 11.3 Å². The molecule has 0 saturated carbocycles. The van der Waals surface area contributed by atoms with Crippen LogP contribution >= 0.6 is 11.8 Å². The van der Waals surface area contributed by atoms with Gasteiger partial charge in [-0.05, 0) is 12.5 Å². The van der Waals surface area contributed by atoms with E-state index in [9.17, 15) is 19.5 Å². The lowest BCUT2D eigenvalue weighted by Gasteiger charge is -2.49. The summed E-state index contributed by atoms with van der Waals surface area (Å²) in [6.07, 6.45) is 0. The van der Waals surface area contributed by atoms with Crippen molar-refractivity contribution in [1.82, 2.24) is 10.2 Å². The van der Waals surface area contributed by atoms with Crippen molar-refractivity contribution in [2.45, 2.75) is 39.1 Å². The maximum absolute atomic E-state index is 12.1. The number of amides is 2. The fourth-order valence-electron chi connectivity index (χ4n) is 2.13. The number of nitrogens with zero attached hydrogens (tertiary/aromatic N) is 1. The number of nitrogens with one attached hydrogen (secondary N) is 1. The number of fused-ring (bicyclic) bond motifs is 1. The van der Waals surface area contributed by atoms with Gasteiger partial charge in [0.05, 0.1) is 0 Å². The Morgan fingerprint density at radius 3 is 2.50 bits per heavy atom. The maximum Gasteiger partial charge on any atom is 0.352 e. The summed E-state index contributed by atoms with van der Waals surface area (Å²) < 4.78 is 0. The van der Waals surface area contributed by atoms with Crippen molar-refractivity contribution < 1.29 is 19.5 Å². The number of hydrogen-bond donors (Lipinski definition) is 2. The number of β-lactam (4-membered cyclic amide) rings is 1. The van der Waals surface area contributed by atoms with E-state index in [0.29, 0.717) is 11.3 Å². The highest BCUT2D eigenvalue weighted by atomic mass is 32.2. The molecule has 2 amide bonds. The van der Waals surface area contributed by atoms with Crippen LogP contribution in [0.5, 0.6) is 0 Å². The van der Waals surface area contributed by atoms with Gasteiger partial charge in [-0.2, -0.15) is 0 Å². The topological polar surface area (TPSA) is 86.7 Å². The first kappa shape index (κ1) is 14.9. The molecule has 110 valence electrons. The second kappa shape index (κ2) is 4.80. The number of rotatable bonds is 2. The molecule has 0 aromatic rings. The van der Waals surface area contributed by atoms with Crippen LogP contribution in [0.3, 0.4) is 0 Å². The lowest BCUT2D eigenvalue weighted by Crippen LogP contribution is -2.71. The summed E-state index contributed by atoms with van der Waals surface area (Å²) in [5.41, 5.74) is 0.147. The molecule has 2 atom stereocenters. The third kappa shape index (κ3) is 2.30. The van der Waals surface area contributed by atoms with Crippen LogP contribution in [-0.4, -0.2) is 45.0 Å². The van der Waals surface area contributed by atoms with Gasteiger partial charge in [-0.1, -0.05) is 20.8 Å². The Morgan fingerprint density at radius 2 is 2.00 bits per heavy atom. The van der Waals surface area contributed by atoms with E-state index < -0.39 is 17.4 Å². The molecule has 0 aromatic carbocycles. The Kier molecular flexibility index (Phi) is 3.58. The van der Waals surface area contributed by atoms with Crippen molar-refractivity contribution in [2.24, 2.45) is 5.41 Å². The van der Waals surface area contributed by atoms with Gasteiger partial charge in [0.2, 0.25) is 5.91 Å². The Labute approximate surface area is 121 Å². The van der Waals surface area contributed by atoms with E-state index in [1.165, 1.54) is 16.7 Å². The summed E-state index contributed by atoms with van der Waals surface area (Å²) in [6.45, 7) is 7.01. The van der Waals surface area contributed by atoms with Crippen molar-refractivity contribution >= 4 is 29.5 Å². The van der Waals surface area contributed by atoms with E-state index in [-0.39, 0.29) is 22.9 Å². The summed E-state index contributed by atoms with van der Waals surface area (Å²) in [4.78, 5) is 36.6. The maximum atomic E-state index is 12.1. The molecule has 2 N–H and O–H groups in total. The summed E-state index contributed by atoms with van der Waals surface area (Å²) in [6, 6.07) is -0.630. The number of carboxylic acid groups (broad SMARTS) is 1. The number of carbonyl (C=O) groups excluding carboxylic acids is 2. The van der Waals surface area contributed by atoms with Gasteiger partial charge in [-0.3, -0.25) is 14.5 Å². The smallest absolute Gasteiger partial charge is 0.352 e. The molecule has 0 unspecified atom stereocenters. The fraction of sp³-hybridized carbons (Fsp3) is 0.615. The standard InChI is InChI=1S/C13H18N2O4S/c1-6-5-20-10-7(14-12(19)13(2,3)4)9(16)15(10)8(6)11(17)18/h7,10H,5H2,1-4H3,(H,14,19)(H,17,18)/t7-,10+/m1/s1. The molecule has 2 rings (SSSR count). The van der Waals surface area contributed by atoms with Crippen molar-refractivity contribution in [2.75, 3.05) is 5.75 Å². The lowest BCUT2D eigenvalue weighted by atomic mass is 9.94. The van der Waals surface area contributed by atoms with Crippen molar-refractivity contribution in [3.05, 3.63) is 11.3 Å². The van der Waals surface area contributed by atoms with Crippen LogP contribution in [0.2, 0.25) is 0 Å². The highest BCUT2D eigenvalue weighted by molar-refractivity contribution is 8.00. The summed E-state index contributed by atoms with van der Waals surface area (Å²) in [5.74, 6) is -1.10. The van der Waals surface area contributed by atoms with E-state index >= 15 is 0 Å². The third-order valence-corrected chi connectivity index (χ3v) is 4.75. The first-order valence-electron chi connectivity index (χ1n) is 6.33. The van der Waals surface area contributed by atoms with E-state index in [1.54, 1.807) is 27.7 Å². The van der Waals surface area contributed by atoms with Gasteiger partial charge in [0.1, 0.15) is 17.1 Å². The zero-order valence-corrected chi connectivity index (χ0v) is 12.7. The number of thioether (sulfide) groups is 1. The highest BCUT2D eigenvalue weighted by Gasteiger charge is 2.54. The van der Waals surface area contributed by atoms with E-state index in [1.807, 2.05) is 0 Å². The molecule has 2 aliphatic heterocycles. The summed E-state index contributed by atoms with van der Waals surface area (Å²) in [7, 11) is 0. The molecule has 0 aliphatic carbocycles. The molecule has 1 fully saturated rings. The number of aliphatic carboxylic acids is 1. The minimum atomic E-state index is -1.10. The normalized spacial score (nSPS) is 26.0. The molecule has 0 spiro atoms. The van der Waals surface area contributed by atoms with Gasteiger partial charge in [0.15, 0.2) is 0 Å². The molecule has 0 radical (unpaired) electrons. The Balaban J connectivity index is 2.16. The molecule has 2 heterocycles. The van der Waals surface area contributed by atoms with Gasteiger partial charge in [0.25, 0.3) is 5.91 Å². The summed E-state index contributed by atoms with van der Waals surface area (Å²) in [5, 5.41) is 11.6. The van der Waals surface area contributed by atoms with Gasteiger partial charge < -0.3 is 10.4 Å². The van der Waals surface area contributed by atoms with Crippen molar-refractivity contribution in [1.29, 1.82) is 0 Å². The second-order valence-corrected chi connectivity index (χ2v) is 7.15. The van der Waals surface area contributed by atoms with Crippen LogP contribution in [0.4, 0.5) is 0 Å². The quantitative estimate of drug-likeness (QED) is 0.736. The molecule has 2 aliphatic rings. The number of carbonyl (C=O) groups is 3. The van der Waals surface area contributed by atoms with Crippen molar-refractivity contribution in [3.63, 3.8) is 0 Å². The summed E-state index contributed by atoms with van der Waals surface area (Å²) >= 11 is 1.48. The van der Waals surface area contributed by atoms with Gasteiger partial charge in [-0.25, -0.2) is 4.79 Å². The first-order valence-corrected chi connectivity index (χ1v) is 7.38. The predicted molar refractivity (Wildman–Crippen MR) is 74.8 cm³/mol. The molecule has 6 nitrogen and oxygen atoms in total. The van der Waals surface area contributed by atoms with Gasteiger partial charge in [0, 0.05) is 11.2 Å². The third-order valence-electron chi connectivity index (χ3n) is 3.33. The molecule has 7 heteroatoms. The van der Waals surface area contributed by atoms with Crippen molar-refractivity contribution in [3.8, 4) is 0 Å². The van der Waals surface area contributed by atoms with Crippen LogP contribution in [0, 0.1) is 5.41 Å². The zero-order chi connectivity index (χ0) is 15.2. The van der Waals surface area contributed by atoms with Gasteiger partial charge in [-0.15, -0.1) is 11.8 Å². The van der Waals surface area contributed by atoms with E-state index in [2.05, 4.69) is 5.32 Å². The molecule has 1 saturated heterocycles. The molecule has 0 aromatic heterocycles. The number of hydrogen-bond acceptors (Lipinski definition) is 4. The van der Waals surface area contributed by atoms with Crippen LogP contribution in [-0.2, 0) is 14.4 Å². The van der Waals surface area contributed by atoms with Crippen LogP contribution in [0.25, 0.3) is 0 Å². The Hall–Kier alpha value is -1.50. The average Bonchev–Trinajstić information content (AvgIpc) is 2.33. The molecule has 20 heavy (non-hydrogen) atoms. The fourth-order valence-corrected chi connectivity index (χ4v) is 3.43. The number of carboxylic acids is 1. The average molecular weight is 298 g/mol. The SMILES string of the molecule is CC1=C(C(=O)O)N2C(=O)[C@@H](NC(=O)C(C)(C)C)[C@@H]2SC1. The van der Waals surface area contributed by atoms with Crippen LogP contribution < -0.4 is 5.32 Å². The Morgan fingerprint density at radius 1 is 1.40 bits per heavy atom. The van der Waals surface area contributed by atoms with E-state index in [0.717, 1.165) is 0 Å². The van der Waals surface area contributed by atoms with Gasteiger partial charge >= 0.3 is 5.97 Å². The minimum absolute atomic E-state index is 0.0556. The van der Waals surface area contributed by atoms with Crippen LogP contribution in [0.1, 0.15) is 27.7 Å². The largest absolute Gasteiger partial charge is 0.477 e. The minimum Gasteiger partial charge on any atom is -0.477 e. The predicted octanol–water partition coefficient (Wildman–Crippen LogP) is 0.791. The molecular formula is C13H18N2O4S. The molecule has 0 bridgehead atoms. The molecular weight excluding hydrogens is 280 g/mol.